The Bertz CT molecular complexity index is 1040. The minimum absolute atomic E-state index is 0.119. The van der Waals surface area contributed by atoms with Crippen LogP contribution in [0.4, 0.5) is 10.2 Å². The minimum Gasteiger partial charge on any atom is -0.507 e. The molecule has 2 aliphatic carbocycles. The molecule has 3 atom stereocenters. The Labute approximate surface area is 188 Å². The molecule has 1 aromatic carbocycles. The highest BCUT2D eigenvalue weighted by molar-refractivity contribution is 5.91. The molecule has 0 spiro atoms. The number of aromatic nitrogens is 2. The topological polar surface area (TPSA) is 78.4 Å². The zero-order valence-electron chi connectivity index (χ0n) is 19.2. The lowest BCUT2D eigenvalue weighted by molar-refractivity contribution is -0.115. The molecule has 4 rings (SSSR count). The normalized spacial score (nSPS) is 27.0. The minimum atomic E-state index is -0.555. The third-order valence-corrected chi connectivity index (χ3v) is 7.25. The van der Waals surface area contributed by atoms with Crippen molar-refractivity contribution in [3.63, 3.8) is 0 Å². The Hall–Kier alpha value is -2.96. The lowest BCUT2D eigenvalue weighted by Crippen LogP contribution is -2.42. The van der Waals surface area contributed by atoms with Gasteiger partial charge >= 0.3 is 0 Å². The number of nitrogens with one attached hydrogen (secondary N) is 1. The van der Waals surface area contributed by atoms with Gasteiger partial charge in [0.15, 0.2) is 5.82 Å². The van der Waals surface area contributed by atoms with Crippen LogP contribution in [0, 0.1) is 16.6 Å². The summed E-state index contributed by atoms with van der Waals surface area (Å²) in [5, 5.41) is 21.5. The average molecular weight is 439 g/mol. The van der Waals surface area contributed by atoms with Gasteiger partial charge in [0.05, 0.1) is 5.69 Å². The van der Waals surface area contributed by atoms with E-state index in [2.05, 4.69) is 41.3 Å². The number of likely N-dealkylation sites (N-methyl/N-ethyl adjacent to an activating group) is 1. The SMILES string of the molecule is CNC(=O)/C=C/c1cc(O)c(-c2ccc(N(C)[C@H]3C[C@]4(C)CC[C@](C)(C3)C4)nn2)cc1F. The summed E-state index contributed by atoms with van der Waals surface area (Å²) in [5.41, 5.74) is 1.57. The summed E-state index contributed by atoms with van der Waals surface area (Å²) < 4.78 is 14.5. The van der Waals surface area contributed by atoms with Crippen molar-refractivity contribution in [2.45, 2.75) is 52.0 Å². The Kier molecular flexibility index (Phi) is 5.69. The number of phenols is 1. The van der Waals surface area contributed by atoms with E-state index in [1.54, 1.807) is 6.07 Å². The van der Waals surface area contributed by atoms with E-state index in [-0.39, 0.29) is 22.8 Å². The standard InChI is InChI=1S/C25H31FN4O2/c1-24-9-10-25(2,15-24)14-17(13-24)30(4)22-7-6-20(28-29-22)18-12-19(26)16(11-21(18)31)5-8-23(32)27-3/h5-8,11-12,17,31H,9-10,13-15H2,1-4H3,(H,27,32)/b8-5+/t17-,24-,25+. The van der Waals surface area contributed by atoms with Gasteiger partial charge in [0.25, 0.3) is 0 Å². The molecule has 1 amide bonds. The number of amides is 1. The van der Waals surface area contributed by atoms with Crippen LogP contribution in [-0.4, -0.2) is 41.3 Å². The lowest BCUT2D eigenvalue weighted by Gasteiger charge is -2.44. The number of carbonyl (C=O) groups excluding carboxylic acids is 1. The molecular formula is C25H31FN4O2. The maximum Gasteiger partial charge on any atom is 0.243 e. The van der Waals surface area contributed by atoms with E-state index in [0.717, 1.165) is 18.7 Å². The molecule has 2 saturated carbocycles. The Morgan fingerprint density at radius 1 is 1.22 bits per heavy atom. The van der Waals surface area contributed by atoms with Crippen molar-refractivity contribution in [1.29, 1.82) is 0 Å². The summed E-state index contributed by atoms with van der Waals surface area (Å²) in [4.78, 5) is 13.6. The van der Waals surface area contributed by atoms with Crippen molar-refractivity contribution in [2.75, 3.05) is 19.0 Å². The number of hydrogen-bond donors (Lipinski definition) is 2. The zero-order valence-corrected chi connectivity index (χ0v) is 19.2. The van der Waals surface area contributed by atoms with E-state index >= 15 is 0 Å². The predicted molar refractivity (Wildman–Crippen MR) is 124 cm³/mol. The molecule has 2 bridgehead atoms. The van der Waals surface area contributed by atoms with E-state index in [0.29, 0.717) is 22.6 Å². The summed E-state index contributed by atoms with van der Waals surface area (Å²) in [6, 6.07) is 6.55. The first kappa shape index (κ1) is 22.2. The van der Waals surface area contributed by atoms with Crippen molar-refractivity contribution in [2.24, 2.45) is 10.8 Å². The molecule has 1 aromatic heterocycles. The van der Waals surface area contributed by atoms with Gasteiger partial charge in [0.1, 0.15) is 11.6 Å². The van der Waals surface area contributed by atoms with E-state index in [1.807, 2.05) is 6.07 Å². The van der Waals surface area contributed by atoms with Crippen LogP contribution in [0.2, 0.25) is 0 Å². The van der Waals surface area contributed by atoms with Crippen LogP contribution in [-0.2, 0) is 4.79 Å². The fourth-order valence-corrected chi connectivity index (χ4v) is 5.65. The van der Waals surface area contributed by atoms with Gasteiger partial charge in [-0.2, -0.15) is 0 Å². The number of rotatable bonds is 5. The second-order valence-electron chi connectivity index (χ2n) is 10.1. The summed E-state index contributed by atoms with van der Waals surface area (Å²) in [5.74, 6) is -0.256. The number of phenolic OH excluding ortho intramolecular Hbond substituents is 1. The largest absolute Gasteiger partial charge is 0.507 e. The molecule has 0 saturated heterocycles. The highest BCUT2D eigenvalue weighted by atomic mass is 19.1. The second kappa shape index (κ2) is 8.19. The quantitative estimate of drug-likeness (QED) is 0.670. The Balaban J connectivity index is 1.53. The van der Waals surface area contributed by atoms with Crippen molar-refractivity contribution in [1.82, 2.24) is 15.5 Å². The summed E-state index contributed by atoms with van der Waals surface area (Å²) >= 11 is 0. The van der Waals surface area contributed by atoms with Crippen molar-refractivity contribution < 1.29 is 14.3 Å². The first-order valence-corrected chi connectivity index (χ1v) is 11.1. The smallest absolute Gasteiger partial charge is 0.243 e. The van der Waals surface area contributed by atoms with Crippen LogP contribution in [0.25, 0.3) is 17.3 Å². The molecule has 0 radical (unpaired) electrons. The summed E-state index contributed by atoms with van der Waals surface area (Å²) in [7, 11) is 3.55. The van der Waals surface area contributed by atoms with Gasteiger partial charge < -0.3 is 15.3 Å². The number of hydrogen-bond acceptors (Lipinski definition) is 5. The van der Waals surface area contributed by atoms with Crippen LogP contribution >= 0.6 is 0 Å². The van der Waals surface area contributed by atoms with E-state index in [1.165, 1.54) is 50.6 Å². The molecule has 2 N–H and O–H groups in total. The van der Waals surface area contributed by atoms with E-state index in [9.17, 15) is 14.3 Å². The number of nitrogens with zero attached hydrogens (tertiary/aromatic N) is 3. The monoisotopic (exact) mass is 438 g/mol. The molecule has 0 unspecified atom stereocenters. The Morgan fingerprint density at radius 2 is 1.91 bits per heavy atom. The molecule has 7 heteroatoms. The number of aromatic hydroxyl groups is 1. The highest BCUT2D eigenvalue weighted by Gasteiger charge is 2.49. The van der Waals surface area contributed by atoms with Gasteiger partial charge in [-0.3, -0.25) is 4.79 Å². The van der Waals surface area contributed by atoms with Crippen LogP contribution in [0.15, 0.2) is 30.3 Å². The molecule has 32 heavy (non-hydrogen) atoms. The Morgan fingerprint density at radius 3 is 2.50 bits per heavy atom. The van der Waals surface area contributed by atoms with Crippen LogP contribution < -0.4 is 10.2 Å². The van der Waals surface area contributed by atoms with Gasteiger partial charge in [-0.25, -0.2) is 4.39 Å². The fourth-order valence-electron chi connectivity index (χ4n) is 5.65. The summed E-state index contributed by atoms with van der Waals surface area (Å²) in [6.45, 7) is 4.80. The number of anilines is 1. The highest BCUT2D eigenvalue weighted by Crippen LogP contribution is 2.58. The van der Waals surface area contributed by atoms with Gasteiger partial charge in [0.2, 0.25) is 5.91 Å². The zero-order chi connectivity index (χ0) is 23.1. The van der Waals surface area contributed by atoms with E-state index in [4.69, 9.17) is 0 Å². The van der Waals surface area contributed by atoms with Gasteiger partial charge in [-0.1, -0.05) is 13.8 Å². The molecule has 6 nitrogen and oxygen atoms in total. The second-order valence-corrected chi connectivity index (χ2v) is 10.1. The van der Waals surface area contributed by atoms with Crippen molar-refractivity contribution in [3.8, 4) is 17.0 Å². The number of carbonyl (C=O) groups is 1. The maximum absolute atomic E-state index is 14.5. The van der Waals surface area contributed by atoms with Gasteiger partial charge in [-0.15, -0.1) is 10.2 Å². The molecule has 2 aliphatic rings. The predicted octanol–water partition coefficient (Wildman–Crippen LogP) is 4.54. The van der Waals surface area contributed by atoms with Gasteiger partial charge in [0, 0.05) is 37.3 Å². The molecule has 1 heterocycles. The van der Waals surface area contributed by atoms with Gasteiger partial charge in [-0.05, 0) is 73.3 Å². The molecule has 170 valence electrons. The number of halogens is 1. The van der Waals surface area contributed by atoms with Crippen LogP contribution in [0.5, 0.6) is 5.75 Å². The van der Waals surface area contributed by atoms with Crippen LogP contribution in [0.3, 0.4) is 0 Å². The van der Waals surface area contributed by atoms with E-state index < -0.39 is 5.82 Å². The third kappa shape index (κ3) is 4.33. The third-order valence-electron chi connectivity index (χ3n) is 7.25. The fraction of sp³-hybridized carbons (Fsp3) is 0.480. The summed E-state index contributed by atoms with van der Waals surface area (Å²) in [6.07, 6.45) is 8.71. The number of benzene rings is 1. The first-order chi connectivity index (χ1) is 15.1. The maximum atomic E-state index is 14.5. The molecule has 0 aliphatic heterocycles. The lowest BCUT2D eigenvalue weighted by atomic mass is 9.68. The van der Waals surface area contributed by atoms with Crippen molar-refractivity contribution >= 4 is 17.8 Å². The molecule has 2 fully saturated rings. The van der Waals surface area contributed by atoms with Crippen LogP contribution in [0.1, 0.15) is 51.5 Å². The number of fused-ring (bicyclic) bond motifs is 2. The first-order valence-electron chi connectivity index (χ1n) is 11.1. The average Bonchev–Trinajstić information content (AvgIpc) is 2.99. The molecule has 2 aromatic rings. The molecular weight excluding hydrogens is 407 g/mol. The van der Waals surface area contributed by atoms with Crippen molar-refractivity contribution in [3.05, 3.63) is 41.7 Å².